The molecule has 111 heavy (non-hydrogen) atoms. The van der Waals surface area contributed by atoms with Crippen molar-refractivity contribution in [3.8, 4) is 83.6 Å². The molecule has 516 valence electrons. The van der Waals surface area contributed by atoms with E-state index in [1.807, 2.05) is 0 Å². The van der Waals surface area contributed by atoms with E-state index in [2.05, 4.69) is 438 Å². The van der Waals surface area contributed by atoms with Crippen LogP contribution in [0.15, 0.2) is 419 Å². The van der Waals surface area contributed by atoms with Crippen LogP contribution in [0.2, 0.25) is 0 Å². The Kier molecular flexibility index (Phi) is 15.0. The summed E-state index contributed by atoms with van der Waals surface area (Å²) in [5, 5.41) is 9.97. The molecule has 0 amide bonds. The Labute approximate surface area is 645 Å². The number of nitrogens with zero attached hydrogens (tertiary/aromatic N) is 4. The highest BCUT2D eigenvalue weighted by atomic mass is 15.2. The van der Waals surface area contributed by atoms with E-state index >= 15 is 0 Å². The highest BCUT2D eigenvalue weighted by molar-refractivity contribution is 7.00. The van der Waals surface area contributed by atoms with Crippen molar-refractivity contribution in [3.05, 3.63) is 419 Å². The summed E-state index contributed by atoms with van der Waals surface area (Å²) in [7, 11) is 0. The van der Waals surface area contributed by atoms with Gasteiger partial charge in [0.1, 0.15) is 0 Å². The maximum atomic E-state index is 2.70. The average molecular weight is 1410 g/mol. The van der Waals surface area contributed by atoms with Crippen molar-refractivity contribution in [2.24, 2.45) is 0 Å². The van der Waals surface area contributed by atoms with E-state index in [4.69, 9.17) is 0 Å². The molecular weight excluding hydrogens is 1340 g/mol. The minimum absolute atomic E-state index is 0.305. The number of para-hydroxylation sites is 4. The molecule has 19 aromatic carbocycles. The fourth-order valence-corrected chi connectivity index (χ4v) is 18.4. The van der Waals surface area contributed by atoms with Crippen LogP contribution in [0.25, 0.3) is 138 Å². The van der Waals surface area contributed by atoms with E-state index in [1.54, 1.807) is 0 Å². The first kappa shape index (κ1) is 63.7. The van der Waals surface area contributed by atoms with Crippen LogP contribution in [0.4, 0.5) is 51.2 Å². The lowest BCUT2D eigenvalue weighted by molar-refractivity contribution is 1.17. The minimum atomic E-state index is -0.305. The number of rotatable bonds is 13. The highest BCUT2D eigenvalue weighted by Crippen LogP contribution is 2.56. The first-order valence-corrected chi connectivity index (χ1v) is 38.4. The number of aromatic nitrogens is 1. The molecular formula is C106H69BN4. The predicted molar refractivity (Wildman–Crippen MR) is 471 cm³/mol. The van der Waals surface area contributed by atoms with Crippen LogP contribution in [0.3, 0.4) is 0 Å². The summed E-state index contributed by atoms with van der Waals surface area (Å²) in [6.07, 6.45) is 0. The zero-order chi connectivity index (χ0) is 73.0. The molecule has 22 rings (SSSR count). The van der Waals surface area contributed by atoms with Crippen molar-refractivity contribution < 1.29 is 0 Å². The first-order chi connectivity index (χ1) is 55.1. The third kappa shape index (κ3) is 10.5. The fraction of sp³-hybridized carbons (Fsp3) is 0. The van der Waals surface area contributed by atoms with E-state index in [0.29, 0.717) is 0 Å². The molecule has 0 saturated heterocycles. The van der Waals surface area contributed by atoms with Gasteiger partial charge in [0.15, 0.2) is 0 Å². The third-order valence-corrected chi connectivity index (χ3v) is 23.3. The van der Waals surface area contributed by atoms with Crippen LogP contribution < -0.4 is 31.1 Å². The second kappa shape index (κ2) is 26.2. The Hall–Kier alpha value is -14.5. The van der Waals surface area contributed by atoms with Gasteiger partial charge >= 0.3 is 0 Å². The van der Waals surface area contributed by atoms with Gasteiger partial charge in [0.25, 0.3) is 6.71 Å². The largest absolute Gasteiger partial charge is 0.310 e. The quantitative estimate of drug-likeness (QED) is 0.0845. The molecule has 4 nitrogen and oxygen atoms in total. The summed E-state index contributed by atoms with van der Waals surface area (Å²) in [5.74, 6) is 0. The predicted octanol–water partition coefficient (Wildman–Crippen LogP) is 26.9. The molecule has 0 atom stereocenters. The molecule has 2 aliphatic heterocycles. The zero-order valence-electron chi connectivity index (χ0n) is 60.7. The van der Waals surface area contributed by atoms with E-state index < -0.39 is 0 Å². The monoisotopic (exact) mass is 1410 g/mol. The third-order valence-electron chi connectivity index (χ3n) is 23.3. The fourth-order valence-electron chi connectivity index (χ4n) is 18.4. The molecule has 0 spiro atoms. The summed E-state index contributed by atoms with van der Waals surface area (Å²) in [5.41, 5.74) is 32.3. The Morgan fingerprint density at radius 2 is 0.586 bits per heavy atom. The van der Waals surface area contributed by atoms with Gasteiger partial charge in [-0.3, -0.25) is 0 Å². The van der Waals surface area contributed by atoms with E-state index in [-0.39, 0.29) is 6.71 Å². The number of anilines is 9. The van der Waals surface area contributed by atoms with Crippen molar-refractivity contribution in [1.29, 1.82) is 0 Å². The SMILES string of the molecule is c1ccc(-c2ccc(N(c3ccc(-c4ccccc4)cc3)c3cc4c5c(c3)N(c3c(-c6ccccc6)cccc3-c3ccccc3)c3cc(-n6c7ccccc7c7ccccc76)ccc3B5c3ccc(-c5ccc6ccc7cccc8ccc5c6c78)cc3N4c3c(-c4ccccc4)cccc3-c3ccccc3)cc2)cc1. The molecule has 0 saturated carbocycles. The van der Waals surface area contributed by atoms with Gasteiger partial charge in [-0.25, -0.2) is 0 Å². The van der Waals surface area contributed by atoms with Crippen LogP contribution in [0.5, 0.6) is 0 Å². The van der Waals surface area contributed by atoms with Crippen molar-refractivity contribution in [1.82, 2.24) is 4.57 Å². The average Bonchev–Trinajstić information content (AvgIpc) is 1.66. The Bertz CT molecular complexity index is 6720. The minimum Gasteiger partial charge on any atom is -0.310 e. The van der Waals surface area contributed by atoms with Crippen LogP contribution >= 0.6 is 0 Å². The van der Waals surface area contributed by atoms with Gasteiger partial charge in [0, 0.05) is 72.8 Å². The molecule has 0 radical (unpaired) electrons. The van der Waals surface area contributed by atoms with E-state index in [0.717, 1.165) is 140 Å². The summed E-state index contributed by atoms with van der Waals surface area (Å²) >= 11 is 0. The summed E-state index contributed by atoms with van der Waals surface area (Å²) in [6.45, 7) is -0.305. The second-order valence-electron chi connectivity index (χ2n) is 29.4. The molecule has 0 N–H and O–H groups in total. The lowest BCUT2D eigenvalue weighted by Crippen LogP contribution is -2.61. The van der Waals surface area contributed by atoms with Crippen LogP contribution in [-0.4, -0.2) is 11.3 Å². The lowest BCUT2D eigenvalue weighted by atomic mass is 9.33. The number of hydrogen-bond donors (Lipinski definition) is 0. The van der Waals surface area contributed by atoms with Gasteiger partial charge in [0.2, 0.25) is 0 Å². The van der Waals surface area contributed by atoms with Crippen LogP contribution in [-0.2, 0) is 0 Å². The maximum Gasteiger partial charge on any atom is 0.252 e. The topological polar surface area (TPSA) is 14.7 Å². The van der Waals surface area contributed by atoms with Gasteiger partial charge in [-0.15, -0.1) is 0 Å². The van der Waals surface area contributed by atoms with Gasteiger partial charge in [0.05, 0.1) is 28.1 Å². The van der Waals surface area contributed by atoms with Gasteiger partial charge in [-0.1, -0.05) is 352 Å². The van der Waals surface area contributed by atoms with Gasteiger partial charge in [-0.05, 0) is 171 Å². The van der Waals surface area contributed by atoms with Gasteiger partial charge in [-0.2, -0.15) is 0 Å². The van der Waals surface area contributed by atoms with Crippen LogP contribution in [0.1, 0.15) is 0 Å². The normalized spacial score (nSPS) is 12.3. The molecule has 1 aromatic heterocycles. The van der Waals surface area contributed by atoms with Crippen molar-refractivity contribution in [2.75, 3.05) is 14.7 Å². The van der Waals surface area contributed by atoms with Crippen LogP contribution in [0, 0.1) is 0 Å². The van der Waals surface area contributed by atoms with Crippen molar-refractivity contribution in [2.45, 2.75) is 0 Å². The second-order valence-corrected chi connectivity index (χ2v) is 29.4. The molecule has 0 aliphatic carbocycles. The molecule has 20 aromatic rings. The molecule has 3 heterocycles. The van der Waals surface area contributed by atoms with Crippen molar-refractivity contribution >= 4 is 128 Å². The number of benzene rings is 19. The standard InChI is InChI=1S/C106H69BN4/c1-7-26-70(27-8-1)72-50-57-82(58-51-72)108(83-59-52-73(53-60-83)71-28-9-2-10-29-71)85-68-100-104-101(69-85)111(106-89(76-34-15-5-16-35-76)44-25-45-90(106)77-36-17-6-18-37-77)99-67-84(109-96-46-21-19-40-91(96)92-41-20-22-47-97(92)109)61-65-95(99)107(104)94-64-56-81(86-62-54-80-49-48-78-38-23-39-79-55-63-93(86)103(80)102(78)79)66-98(94)110(100)105-87(74-30-11-3-12-31-74)42-24-43-88(105)75-32-13-4-14-33-75/h1-69H. The molecule has 0 fully saturated rings. The highest BCUT2D eigenvalue weighted by Gasteiger charge is 2.46. The molecule has 0 unspecified atom stereocenters. The molecule has 2 aliphatic rings. The number of hydrogen-bond acceptors (Lipinski definition) is 3. The Morgan fingerprint density at radius 1 is 0.216 bits per heavy atom. The summed E-state index contributed by atoms with van der Waals surface area (Å²) in [6, 6.07) is 157. The summed E-state index contributed by atoms with van der Waals surface area (Å²) < 4.78 is 2.49. The smallest absolute Gasteiger partial charge is 0.252 e. The Morgan fingerprint density at radius 3 is 1.05 bits per heavy atom. The number of fused-ring (bicyclic) bond motifs is 7. The van der Waals surface area contributed by atoms with Crippen molar-refractivity contribution in [3.63, 3.8) is 0 Å². The van der Waals surface area contributed by atoms with E-state index in [9.17, 15) is 0 Å². The molecule has 0 bridgehead atoms. The zero-order valence-corrected chi connectivity index (χ0v) is 60.7. The summed E-state index contributed by atoms with van der Waals surface area (Å²) in [4.78, 5) is 7.90. The lowest BCUT2D eigenvalue weighted by Gasteiger charge is -2.46. The maximum absolute atomic E-state index is 2.70. The van der Waals surface area contributed by atoms with Gasteiger partial charge < -0.3 is 19.3 Å². The van der Waals surface area contributed by atoms with E-state index in [1.165, 1.54) is 65.0 Å². The first-order valence-electron chi connectivity index (χ1n) is 38.4. The molecule has 5 heteroatoms. The Balaban J connectivity index is 0.913.